The fraction of sp³-hybridized carbons (Fsp3) is 1.00. The molecule has 1 fully saturated rings. The molecule has 0 aliphatic carbocycles. The largest absolute Gasteiger partial charge is 0.428 e. The molecule has 1 aliphatic rings. The van der Waals surface area contributed by atoms with Gasteiger partial charge in [-0.15, -0.1) is 0 Å². The minimum Gasteiger partial charge on any atom is -0.428 e. The maximum atomic E-state index is 6.31. The highest BCUT2D eigenvalue weighted by atomic mass is 29.5. The summed E-state index contributed by atoms with van der Waals surface area (Å²) in [5, 5.41) is 0. The molecule has 0 bridgehead atoms. The van der Waals surface area contributed by atoms with Crippen molar-refractivity contribution in [1.29, 1.82) is 0 Å². The van der Waals surface area contributed by atoms with Crippen molar-refractivity contribution < 1.29 is 9.16 Å². The van der Waals surface area contributed by atoms with Gasteiger partial charge in [-0.2, -0.15) is 0 Å². The quantitative estimate of drug-likeness (QED) is 0.182. The van der Waals surface area contributed by atoms with Crippen LogP contribution in [0, 0.1) is 0 Å². The van der Waals surface area contributed by atoms with E-state index in [4.69, 9.17) is 9.16 Å². The SMILES string of the molecule is CCCCCCCCCCCCCCCCCCOC(CC)[SiH]1CCO[SiH2][SiH2]1. The van der Waals surface area contributed by atoms with Crippen molar-refractivity contribution in [3.63, 3.8) is 0 Å². The van der Waals surface area contributed by atoms with Gasteiger partial charge in [-0.05, 0) is 18.9 Å². The Morgan fingerprint density at radius 1 is 0.750 bits per heavy atom. The summed E-state index contributed by atoms with van der Waals surface area (Å²) in [7, 11) is -0.286. The first-order valence-electron chi connectivity index (χ1n) is 13.1. The summed E-state index contributed by atoms with van der Waals surface area (Å²) in [5.74, 6) is 0. The summed E-state index contributed by atoms with van der Waals surface area (Å²) >= 11 is 0. The van der Waals surface area contributed by atoms with Crippen LogP contribution in [-0.4, -0.2) is 45.1 Å². The zero-order valence-corrected chi connectivity index (χ0v) is 23.5. The number of ether oxygens (including phenoxy) is 1. The Labute approximate surface area is 183 Å². The smallest absolute Gasteiger partial charge is 0.140 e. The van der Waals surface area contributed by atoms with Crippen LogP contribution in [0.1, 0.15) is 123 Å². The van der Waals surface area contributed by atoms with E-state index in [1.165, 1.54) is 115 Å². The molecule has 168 valence electrons. The molecule has 2 atom stereocenters. The van der Waals surface area contributed by atoms with Crippen LogP contribution in [-0.2, 0) is 9.16 Å². The Kier molecular flexibility index (Phi) is 19.8. The van der Waals surface area contributed by atoms with E-state index in [0.29, 0.717) is 5.73 Å². The van der Waals surface area contributed by atoms with E-state index in [0.717, 1.165) is 13.2 Å². The van der Waals surface area contributed by atoms with Crippen LogP contribution in [0.5, 0.6) is 0 Å². The van der Waals surface area contributed by atoms with Crippen molar-refractivity contribution in [3.05, 3.63) is 0 Å². The lowest BCUT2D eigenvalue weighted by molar-refractivity contribution is 0.0965. The standard InChI is InChI=1S/C23H52O2Si3/c1-3-5-6-7-8-9-10-11-12-13-14-15-16-17-18-19-20-24-23(4-2)28-22-21-25-26-27-28/h23,28H,3-22,26-27H2,1-2H3. The molecule has 0 amide bonds. The maximum absolute atomic E-state index is 6.31. The average Bonchev–Trinajstić information content (AvgIpc) is 2.73. The molecule has 1 aliphatic heterocycles. The van der Waals surface area contributed by atoms with E-state index >= 15 is 0 Å². The number of rotatable bonds is 20. The second-order valence-electron chi connectivity index (χ2n) is 9.07. The lowest BCUT2D eigenvalue weighted by atomic mass is 10.0. The average molecular weight is 445 g/mol. The summed E-state index contributed by atoms with van der Waals surface area (Å²) in [6.45, 7) is 6.78. The Balaban J connectivity index is 1.76. The van der Waals surface area contributed by atoms with Gasteiger partial charge in [-0.25, -0.2) is 0 Å². The summed E-state index contributed by atoms with van der Waals surface area (Å²) in [6.07, 6.45) is 24.3. The highest BCUT2D eigenvalue weighted by Gasteiger charge is 2.25. The van der Waals surface area contributed by atoms with Gasteiger partial charge >= 0.3 is 0 Å². The number of hydrogen-bond donors (Lipinski definition) is 0. The number of hydrogen-bond acceptors (Lipinski definition) is 2. The second kappa shape index (κ2) is 20.8. The molecule has 0 spiro atoms. The maximum Gasteiger partial charge on any atom is 0.140 e. The topological polar surface area (TPSA) is 18.5 Å². The molecule has 2 nitrogen and oxygen atoms in total. The fourth-order valence-electron chi connectivity index (χ4n) is 4.56. The zero-order valence-electron chi connectivity index (χ0n) is 19.5. The third kappa shape index (κ3) is 15.4. The lowest BCUT2D eigenvalue weighted by Gasteiger charge is -2.28. The molecule has 0 aromatic heterocycles. The van der Waals surface area contributed by atoms with Crippen molar-refractivity contribution in [3.8, 4) is 0 Å². The van der Waals surface area contributed by atoms with Gasteiger partial charge in [0.1, 0.15) is 9.28 Å². The highest BCUT2D eigenvalue weighted by Crippen LogP contribution is 2.14. The van der Waals surface area contributed by atoms with Crippen LogP contribution < -0.4 is 0 Å². The predicted octanol–water partition coefficient (Wildman–Crippen LogP) is 5.50. The Hall–Kier alpha value is 0.571. The van der Waals surface area contributed by atoms with Crippen LogP contribution in [0.3, 0.4) is 0 Å². The summed E-state index contributed by atoms with van der Waals surface area (Å²) in [4.78, 5) is 0. The first-order chi connectivity index (χ1) is 13.9. The first-order valence-corrected chi connectivity index (χ1v) is 22.4. The summed E-state index contributed by atoms with van der Waals surface area (Å²) in [5.41, 5.74) is 0.708. The predicted molar refractivity (Wildman–Crippen MR) is 135 cm³/mol. The van der Waals surface area contributed by atoms with E-state index in [1.54, 1.807) is 0 Å². The Morgan fingerprint density at radius 3 is 1.68 bits per heavy atom. The Bertz CT molecular complexity index is 312. The minimum absolute atomic E-state index is 0.0285. The van der Waals surface area contributed by atoms with Crippen molar-refractivity contribution in [2.24, 2.45) is 0 Å². The van der Waals surface area contributed by atoms with Crippen molar-refractivity contribution in [1.82, 2.24) is 0 Å². The van der Waals surface area contributed by atoms with Gasteiger partial charge in [0.2, 0.25) is 0 Å². The normalized spacial score (nSPS) is 20.1. The van der Waals surface area contributed by atoms with E-state index in [9.17, 15) is 0 Å². The summed E-state index contributed by atoms with van der Waals surface area (Å²) < 4.78 is 12.0. The van der Waals surface area contributed by atoms with Crippen LogP contribution in [0.25, 0.3) is 0 Å². The van der Waals surface area contributed by atoms with Crippen molar-refractivity contribution in [2.45, 2.75) is 135 Å². The molecule has 1 saturated heterocycles. The van der Waals surface area contributed by atoms with Crippen LogP contribution in [0.4, 0.5) is 0 Å². The molecular formula is C23H52O2Si3. The third-order valence-electron chi connectivity index (χ3n) is 6.52. The Morgan fingerprint density at radius 2 is 1.25 bits per heavy atom. The molecule has 2 unspecified atom stereocenters. The molecule has 0 saturated carbocycles. The van der Waals surface area contributed by atoms with Crippen LogP contribution in [0.2, 0.25) is 6.04 Å². The van der Waals surface area contributed by atoms with E-state index in [2.05, 4.69) is 13.8 Å². The monoisotopic (exact) mass is 444 g/mol. The molecule has 0 aromatic carbocycles. The van der Waals surface area contributed by atoms with E-state index < -0.39 is 8.31 Å². The number of unbranched alkanes of at least 4 members (excludes halogenated alkanes) is 15. The van der Waals surface area contributed by atoms with Gasteiger partial charge in [-0.1, -0.05) is 110 Å². The zero-order chi connectivity index (χ0) is 20.1. The molecule has 28 heavy (non-hydrogen) atoms. The van der Waals surface area contributed by atoms with Gasteiger partial charge in [0.15, 0.2) is 0 Å². The molecule has 1 heterocycles. The van der Waals surface area contributed by atoms with Crippen molar-refractivity contribution in [2.75, 3.05) is 13.2 Å². The van der Waals surface area contributed by atoms with Gasteiger partial charge in [0.25, 0.3) is 0 Å². The third-order valence-corrected chi connectivity index (χ3v) is 26.2. The first kappa shape index (κ1) is 26.6. The molecule has 0 radical (unpaired) electrons. The fourth-order valence-corrected chi connectivity index (χ4v) is 24.4. The molecule has 5 heteroatoms. The molecular weight excluding hydrogens is 393 g/mol. The van der Waals surface area contributed by atoms with E-state index in [-0.39, 0.29) is 17.8 Å². The van der Waals surface area contributed by atoms with Crippen LogP contribution >= 0.6 is 0 Å². The summed E-state index contributed by atoms with van der Waals surface area (Å²) in [6, 6.07) is 1.43. The van der Waals surface area contributed by atoms with E-state index in [1.807, 2.05) is 0 Å². The van der Waals surface area contributed by atoms with Gasteiger partial charge in [0.05, 0.1) is 8.31 Å². The molecule has 1 rings (SSSR count). The van der Waals surface area contributed by atoms with Gasteiger partial charge in [0, 0.05) is 27.5 Å². The minimum atomic E-state index is -0.484. The lowest BCUT2D eigenvalue weighted by Crippen LogP contribution is -2.46. The molecule has 0 N–H and O–H groups in total. The van der Waals surface area contributed by atoms with Gasteiger partial charge in [-0.3, -0.25) is 0 Å². The van der Waals surface area contributed by atoms with Gasteiger partial charge < -0.3 is 9.16 Å². The highest BCUT2D eigenvalue weighted by molar-refractivity contribution is 7.35. The van der Waals surface area contributed by atoms with Crippen LogP contribution in [0.15, 0.2) is 0 Å². The second-order valence-corrected chi connectivity index (χ2v) is 24.6. The van der Waals surface area contributed by atoms with Crippen molar-refractivity contribution >= 4 is 26.1 Å². The molecule has 0 aromatic rings.